The Morgan fingerprint density at radius 2 is 1.42 bits per heavy atom. The molecule has 1 unspecified atom stereocenters. The lowest BCUT2D eigenvalue weighted by atomic mass is 10.1. The van der Waals surface area contributed by atoms with Crippen LogP contribution in [0, 0.1) is 0 Å². The zero-order valence-electron chi connectivity index (χ0n) is 18.2. The molecule has 0 saturated heterocycles. The maximum atomic E-state index is 12.5. The predicted octanol–water partition coefficient (Wildman–Crippen LogP) is 5.24. The van der Waals surface area contributed by atoms with Gasteiger partial charge in [-0.15, -0.1) is 0 Å². The second-order valence-corrected chi connectivity index (χ2v) is 7.19. The van der Waals surface area contributed by atoms with Crippen molar-refractivity contribution in [2.75, 3.05) is 18.4 Å². The fourth-order valence-electron chi connectivity index (χ4n) is 3.25. The molecule has 0 aliphatic rings. The fraction of sp³-hybridized carbons (Fsp3) is 0.231. The van der Waals surface area contributed by atoms with Gasteiger partial charge in [0.25, 0.3) is 11.8 Å². The third-order valence-corrected chi connectivity index (χ3v) is 5.09. The maximum Gasteiger partial charge on any atom is 0.265 e. The first-order valence-electron chi connectivity index (χ1n) is 10.5. The molecular weight excluding hydrogens is 388 g/mol. The van der Waals surface area contributed by atoms with Crippen molar-refractivity contribution >= 4 is 17.5 Å². The molecule has 0 spiro atoms. The monoisotopic (exact) mass is 416 g/mol. The van der Waals surface area contributed by atoms with Crippen LogP contribution in [0.4, 0.5) is 5.69 Å². The third-order valence-electron chi connectivity index (χ3n) is 5.09. The van der Waals surface area contributed by atoms with E-state index in [1.54, 1.807) is 36.1 Å². The molecule has 2 amide bonds. The maximum absolute atomic E-state index is 12.5. The first kappa shape index (κ1) is 22.1. The van der Waals surface area contributed by atoms with Gasteiger partial charge in [0.1, 0.15) is 5.75 Å². The summed E-state index contributed by atoms with van der Waals surface area (Å²) in [5.74, 6) is 0.357. The van der Waals surface area contributed by atoms with Crippen LogP contribution in [-0.4, -0.2) is 35.9 Å². The first-order chi connectivity index (χ1) is 15.0. The zero-order valence-corrected chi connectivity index (χ0v) is 18.2. The number of rotatable bonds is 8. The lowest BCUT2D eigenvalue weighted by molar-refractivity contribution is -0.122. The van der Waals surface area contributed by atoms with Crippen LogP contribution in [0.2, 0.25) is 0 Å². The van der Waals surface area contributed by atoms with Gasteiger partial charge in [-0.25, -0.2) is 0 Å². The Morgan fingerprint density at radius 1 is 0.839 bits per heavy atom. The van der Waals surface area contributed by atoms with Gasteiger partial charge in [-0.05, 0) is 68.3 Å². The zero-order chi connectivity index (χ0) is 22.2. The second kappa shape index (κ2) is 10.4. The lowest BCUT2D eigenvalue weighted by Gasteiger charge is -2.19. The summed E-state index contributed by atoms with van der Waals surface area (Å²) >= 11 is 0. The van der Waals surface area contributed by atoms with E-state index < -0.39 is 6.10 Å². The van der Waals surface area contributed by atoms with Gasteiger partial charge in [0, 0.05) is 24.3 Å². The molecule has 1 atom stereocenters. The normalized spacial score (nSPS) is 11.5. The highest BCUT2D eigenvalue weighted by Crippen LogP contribution is 2.23. The van der Waals surface area contributed by atoms with Crippen molar-refractivity contribution in [2.24, 2.45) is 0 Å². The highest BCUT2D eigenvalue weighted by Gasteiger charge is 2.16. The Hall–Kier alpha value is -3.60. The number of carbonyl (C=O) groups is 2. The Morgan fingerprint density at radius 3 is 2.00 bits per heavy atom. The minimum absolute atomic E-state index is 0.0153. The smallest absolute Gasteiger partial charge is 0.265 e. The molecular formula is C26H28N2O3. The van der Waals surface area contributed by atoms with Crippen LogP contribution in [0.5, 0.6) is 5.75 Å². The largest absolute Gasteiger partial charge is 0.481 e. The Labute approximate surface area is 183 Å². The number of ether oxygens (including phenoxy) is 1. The highest BCUT2D eigenvalue weighted by molar-refractivity contribution is 5.96. The van der Waals surface area contributed by atoms with Gasteiger partial charge < -0.3 is 15.0 Å². The number of hydrogen-bond acceptors (Lipinski definition) is 3. The summed E-state index contributed by atoms with van der Waals surface area (Å²) < 4.78 is 5.79. The minimum Gasteiger partial charge on any atom is -0.481 e. The molecule has 3 aromatic rings. The first-order valence-corrected chi connectivity index (χ1v) is 10.5. The molecule has 0 aromatic heterocycles. The molecule has 0 bridgehead atoms. The summed E-state index contributed by atoms with van der Waals surface area (Å²) in [5.41, 5.74) is 3.44. The van der Waals surface area contributed by atoms with E-state index in [0.717, 1.165) is 11.1 Å². The van der Waals surface area contributed by atoms with E-state index in [2.05, 4.69) is 5.32 Å². The van der Waals surface area contributed by atoms with E-state index in [1.165, 1.54) is 0 Å². The lowest BCUT2D eigenvalue weighted by Crippen LogP contribution is -2.31. The number of carbonyl (C=O) groups excluding carboxylic acids is 2. The van der Waals surface area contributed by atoms with Gasteiger partial charge in [0.05, 0.1) is 0 Å². The molecule has 3 aromatic carbocycles. The van der Waals surface area contributed by atoms with Gasteiger partial charge in [-0.2, -0.15) is 0 Å². The molecule has 160 valence electrons. The van der Waals surface area contributed by atoms with E-state index in [1.807, 2.05) is 68.4 Å². The van der Waals surface area contributed by atoms with Crippen LogP contribution in [0.1, 0.15) is 31.1 Å². The number of nitrogens with zero attached hydrogens (tertiary/aromatic N) is 1. The Bertz CT molecular complexity index is 995. The van der Waals surface area contributed by atoms with Crippen molar-refractivity contribution < 1.29 is 14.3 Å². The average molecular weight is 417 g/mol. The van der Waals surface area contributed by atoms with Crippen molar-refractivity contribution in [1.29, 1.82) is 0 Å². The SMILES string of the molecule is CCN(CC)C(=O)c1ccc(NC(=O)C(C)Oc2ccc(-c3ccccc3)cc2)cc1. The summed E-state index contributed by atoms with van der Waals surface area (Å²) in [7, 11) is 0. The molecule has 3 rings (SSSR count). The molecule has 0 saturated carbocycles. The second-order valence-electron chi connectivity index (χ2n) is 7.19. The van der Waals surface area contributed by atoms with Crippen LogP contribution in [0.15, 0.2) is 78.9 Å². The van der Waals surface area contributed by atoms with Gasteiger partial charge in [0.2, 0.25) is 0 Å². The van der Waals surface area contributed by atoms with Crippen molar-refractivity contribution in [3.05, 3.63) is 84.4 Å². The summed E-state index contributed by atoms with van der Waals surface area (Å²) in [6.45, 7) is 6.93. The van der Waals surface area contributed by atoms with Crippen molar-refractivity contribution in [3.8, 4) is 16.9 Å². The summed E-state index contributed by atoms with van der Waals surface area (Å²) in [6.07, 6.45) is -0.667. The summed E-state index contributed by atoms with van der Waals surface area (Å²) in [6, 6.07) is 24.7. The fourth-order valence-corrected chi connectivity index (χ4v) is 3.25. The Kier molecular flexibility index (Phi) is 7.44. The summed E-state index contributed by atoms with van der Waals surface area (Å²) in [5, 5.41) is 2.83. The van der Waals surface area contributed by atoms with Crippen molar-refractivity contribution in [2.45, 2.75) is 26.9 Å². The van der Waals surface area contributed by atoms with Gasteiger partial charge in [-0.3, -0.25) is 9.59 Å². The van der Waals surface area contributed by atoms with E-state index in [-0.39, 0.29) is 11.8 Å². The topological polar surface area (TPSA) is 58.6 Å². The van der Waals surface area contributed by atoms with E-state index in [4.69, 9.17) is 4.74 Å². The number of amides is 2. The number of hydrogen-bond donors (Lipinski definition) is 1. The van der Waals surface area contributed by atoms with Crippen LogP contribution >= 0.6 is 0 Å². The molecule has 5 heteroatoms. The van der Waals surface area contributed by atoms with Crippen molar-refractivity contribution in [3.63, 3.8) is 0 Å². The minimum atomic E-state index is -0.667. The van der Waals surface area contributed by atoms with Crippen LogP contribution < -0.4 is 10.1 Å². The van der Waals surface area contributed by atoms with Gasteiger partial charge in [-0.1, -0.05) is 42.5 Å². The third kappa shape index (κ3) is 5.72. The number of benzene rings is 3. The Balaban J connectivity index is 1.57. The molecule has 0 radical (unpaired) electrons. The van der Waals surface area contributed by atoms with Crippen LogP contribution in [0.25, 0.3) is 11.1 Å². The molecule has 0 fully saturated rings. The average Bonchev–Trinajstić information content (AvgIpc) is 2.81. The molecule has 0 aliphatic heterocycles. The van der Waals surface area contributed by atoms with Crippen molar-refractivity contribution in [1.82, 2.24) is 4.90 Å². The van der Waals surface area contributed by atoms with Crippen LogP contribution in [-0.2, 0) is 4.79 Å². The molecule has 5 nitrogen and oxygen atoms in total. The molecule has 31 heavy (non-hydrogen) atoms. The number of anilines is 1. The van der Waals surface area contributed by atoms with E-state index >= 15 is 0 Å². The molecule has 0 aliphatic carbocycles. The summed E-state index contributed by atoms with van der Waals surface area (Å²) in [4.78, 5) is 26.7. The quantitative estimate of drug-likeness (QED) is 0.546. The van der Waals surface area contributed by atoms with E-state index in [0.29, 0.717) is 30.1 Å². The molecule has 1 N–H and O–H groups in total. The van der Waals surface area contributed by atoms with Gasteiger partial charge >= 0.3 is 0 Å². The van der Waals surface area contributed by atoms with Gasteiger partial charge in [0.15, 0.2) is 6.10 Å². The number of nitrogens with one attached hydrogen (secondary N) is 1. The molecule has 0 heterocycles. The van der Waals surface area contributed by atoms with Crippen LogP contribution in [0.3, 0.4) is 0 Å². The van der Waals surface area contributed by atoms with E-state index in [9.17, 15) is 9.59 Å². The standard InChI is InChI=1S/C26H28N2O3/c1-4-28(5-2)26(30)22-11-15-23(16-12-22)27-25(29)19(3)31-24-17-13-21(14-18-24)20-9-7-6-8-10-20/h6-19H,4-5H2,1-3H3,(H,27,29). The predicted molar refractivity (Wildman–Crippen MR) is 124 cm³/mol. The highest BCUT2D eigenvalue weighted by atomic mass is 16.5.